The molecule has 2 fully saturated rings. The van der Waals surface area contributed by atoms with Gasteiger partial charge in [0.15, 0.2) is 5.69 Å². The molecule has 0 radical (unpaired) electrons. The second-order valence-corrected chi connectivity index (χ2v) is 5.86. The number of imidazole rings is 1. The van der Waals surface area contributed by atoms with Crippen LogP contribution in [-0.2, 0) is 6.54 Å². The molecular formula is C15H26Cl3N5. The highest BCUT2D eigenvalue weighted by Gasteiger charge is 2.22. The maximum absolute atomic E-state index is 9.10. The molecule has 0 unspecified atom stereocenters. The molecule has 1 aromatic heterocycles. The second-order valence-electron chi connectivity index (χ2n) is 5.86. The fourth-order valence-electron chi connectivity index (χ4n) is 3.32. The Balaban J connectivity index is 0.00000161. The molecule has 2 saturated heterocycles. The Kier molecular flexibility index (Phi) is 10.9. The summed E-state index contributed by atoms with van der Waals surface area (Å²) in [5.41, 5.74) is 0.569. The number of nitrogens with zero attached hydrogens (tertiary/aromatic N) is 4. The van der Waals surface area contributed by atoms with Crippen LogP contribution in [-0.4, -0.2) is 47.2 Å². The average Bonchev–Trinajstić information content (AvgIpc) is 3.15. The Morgan fingerprint density at radius 1 is 1.13 bits per heavy atom. The van der Waals surface area contributed by atoms with Crippen molar-refractivity contribution in [1.82, 2.24) is 19.8 Å². The number of halogens is 3. The average molecular weight is 383 g/mol. The molecule has 5 nitrogen and oxygen atoms in total. The summed E-state index contributed by atoms with van der Waals surface area (Å²) in [6.45, 7) is 6.62. The molecule has 23 heavy (non-hydrogen) atoms. The Labute approximate surface area is 157 Å². The van der Waals surface area contributed by atoms with Gasteiger partial charge in [0.1, 0.15) is 11.9 Å². The lowest BCUT2D eigenvalue weighted by Gasteiger charge is -2.23. The van der Waals surface area contributed by atoms with Gasteiger partial charge in [-0.05, 0) is 51.9 Å². The van der Waals surface area contributed by atoms with Crippen LogP contribution in [0.2, 0.25) is 0 Å². The topological polar surface area (TPSA) is 56.9 Å². The van der Waals surface area contributed by atoms with Crippen molar-refractivity contribution in [1.29, 1.82) is 5.26 Å². The fraction of sp³-hybridized carbons (Fsp3) is 0.733. The number of likely N-dealkylation sites (tertiary alicyclic amines) is 1. The van der Waals surface area contributed by atoms with E-state index in [-0.39, 0.29) is 37.2 Å². The molecule has 2 aliphatic heterocycles. The predicted octanol–water partition coefficient (Wildman–Crippen LogP) is 2.58. The van der Waals surface area contributed by atoms with Crippen LogP contribution in [0.25, 0.3) is 0 Å². The molecule has 3 heterocycles. The van der Waals surface area contributed by atoms with Crippen molar-refractivity contribution in [2.45, 2.75) is 38.1 Å². The largest absolute Gasteiger partial charge is 0.332 e. The fourth-order valence-corrected chi connectivity index (χ4v) is 3.32. The van der Waals surface area contributed by atoms with Crippen LogP contribution >= 0.6 is 37.2 Å². The third-order valence-electron chi connectivity index (χ3n) is 4.48. The lowest BCUT2D eigenvalue weighted by molar-refractivity contribution is 0.316. The molecule has 2 aliphatic rings. The predicted molar refractivity (Wildman–Crippen MR) is 99.2 cm³/mol. The van der Waals surface area contributed by atoms with Gasteiger partial charge in [-0.1, -0.05) is 0 Å². The van der Waals surface area contributed by atoms with E-state index < -0.39 is 0 Å². The van der Waals surface area contributed by atoms with Gasteiger partial charge in [-0.15, -0.1) is 37.2 Å². The number of aromatic nitrogens is 2. The van der Waals surface area contributed by atoms with Gasteiger partial charge in [0.2, 0.25) is 0 Å². The molecule has 0 saturated carbocycles. The first-order valence-corrected chi connectivity index (χ1v) is 7.77. The van der Waals surface area contributed by atoms with Crippen LogP contribution in [0.4, 0.5) is 0 Å². The molecular weight excluding hydrogens is 357 g/mol. The molecule has 132 valence electrons. The van der Waals surface area contributed by atoms with E-state index in [0.29, 0.717) is 11.6 Å². The third kappa shape index (κ3) is 5.81. The monoisotopic (exact) mass is 381 g/mol. The lowest BCUT2D eigenvalue weighted by Crippen LogP contribution is -2.29. The van der Waals surface area contributed by atoms with Crippen LogP contribution in [0.15, 0.2) is 6.20 Å². The van der Waals surface area contributed by atoms with E-state index in [2.05, 4.69) is 25.8 Å². The van der Waals surface area contributed by atoms with Gasteiger partial charge in [0.25, 0.3) is 0 Å². The summed E-state index contributed by atoms with van der Waals surface area (Å²) >= 11 is 0. The standard InChI is InChI=1S/C15H23N5.3ClH/c16-11-14-12-20(10-9-19-7-1-2-8-19)15(18-14)13-3-5-17-6-4-13;;;/h12-13,17H,1-10H2;3*1H. The van der Waals surface area contributed by atoms with Gasteiger partial charge in [0, 0.05) is 25.2 Å². The van der Waals surface area contributed by atoms with Gasteiger partial charge in [-0.2, -0.15) is 5.26 Å². The number of nitriles is 1. The first kappa shape index (κ1) is 22.5. The van der Waals surface area contributed by atoms with E-state index in [9.17, 15) is 0 Å². The summed E-state index contributed by atoms with van der Waals surface area (Å²) < 4.78 is 2.23. The zero-order valence-corrected chi connectivity index (χ0v) is 15.7. The molecule has 0 aliphatic carbocycles. The summed E-state index contributed by atoms with van der Waals surface area (Å²) in [5, 5.41) is 12.5. The van der Waals surface area contributed by atoms with Crippen LogP contribution < -0.4 is 5.32 Å². The molecule has 0 spiro atoms. The maximum atomic E-state index is 9.10. The number of rotatable bonds is 4. The Hall–Kier alpha value is -0.510. The van der Waals surface area contributed by atoms with E-state index >= 15 is 0 Å². The summed E-state index contributed by atoms with van der Waals surface area (Å²) in [6, 6.07) is 2.19. The Morgan fingerprint density at radius 3 is 2.39 bits per heavy atom. The van der Waals surface area contributed by atoms with Crippen molar-refractivity contribution in [3.8, 4) is 6.07 Å². The van der Waals surface area contributed by atoms with Crippen molar-refractivity contribution in [2.24, 2.45) is 0 Å². The van der Waals surface area contributed by atoms with Gasteiger partial charge in [-0.25, -0.2) is 4.98 Å². The minimum Gasteiger partial charge on any atom is -0.332 e. The highest BCUT2D eigenvalue weighted by molar-refractivity contribution is 5.86. The van der Waals surface area contributed by atoms with E-state index in [0.717, 1.165) is 44.8 Å². The van der Waals surface area contributed by atoms with Crippen molar-refractivity contribution < 1.29 is 0 Å². The lowest BCUT2D eigenvalue weighted by atomic mass is 9.97. The Bertz CT molecular complexity index is 488. The van der Waals surface area contributed by atoms with Crippen LogP contribution in [0.1, 0.15) is 43.1 Å². The van der Waals surface area contributed by atoms with Crippen molar-refractivity contribution in [2.75, 3.05) is 32.7 Å². The zero-order chi connectivity index (χ0) is 13.8. The van der Waals surface area contributed by atoms with Gasteiger partial charge >= 0.3 is 0 Å². The van der Waals surface area contributed by atoms with Crippen LogP contribution in [0.3, 0.4) is 0 Å². The molecule has 8 heteroatoms. The number of hydrogen-bond donors (Lipinski definition) is 1. The first-order valence-electron chi connectivity index (χ1n) is 7.77. The van der Waals surface area contributed by atoms with Crippen molar-refractivity contribution in [3.05, 3.63) is 17.7 Å². The smallest absolute Gasteiger partial charge is 0.158 e. The zero-order valence-electron chi connectivity index (χ0n) is 13.2. The quantitative estimate of drug-likeness (QED) is 0.869. The van der Waals surface area contributed by atoms with E-state index in [4.69, 9.17) is 5.26 Å². The van der Waals surface area contributed by atoms with E-state index in [1.807, 2.05) is 6.20 Å². The van der Waals surface area contributed by atoms with E-state index in [1.165, 1.54) is 25.9 Å². The van der Waals surface area contributed by atoms with Crippen molar-refractivity contribution >= 4 is 37.2 Å². The van der Waals surface area contributed by atoms with Gasteiger partial charge < -0.3 is 14.8 Å². The molecule has 1 N–H and O–H groups in total. The SMILES string of the molecule is Cl.Cl.Cl.N#Cc1cn(CCN2CCCC2)c(C2CCNCC2)n1. The summed E-state index contributed by atoms with van der Waals surface area (Å²) in [5.74, 6) is 1.64. The summed E-state index contributed by atoms with van der Waals surface area (Å²) in [7, 11) is 0. The summed E-state index contributed by atoms with van der Waals surface area (Å²) in [6.07, 6.45) is 6.85. The molecule has 3 rings (SSSR count). The highest BCUT2D eigenvalue weighted by atomic mass is 35.5. The minimum absolute atomic E-state index is 0. The Morgan fingerprint density at radius 2 is 1.78 bits per heavy atom. The minimum atomic E-state index is 0. The molecule has 0 aromatic carbocycles. The molecule has 0 atom stereocenters. The maximum Gasteiger partial charge on any atom is 0.158 e. The van der Waals surface area contributed by atoms with Crippen LogP contribution in [0, 0.1) is 11.3 Å². The number of hydrogen-bond acceptors (Lipinski definition) is 4. The third-order valence-corrected chi connectivity index (χ3v) is 4.48. The van der Waals surface area contributed by atoms with Gasteiger partial charge in [0.05, 0.1) is 0 Å². The normalized spacial score (nSPS) is 18.4. The van der Waals surface area contributed by atoms with E-state index in [1.54, 1.807) is 0 Å². The number of nitrogens with one attached hydrogen (secondary N) is 1. The number of piperidine rings is 1. The van der Waals surface area contributed by atoms with Crippen LogP contribution in [0.5, 0.6) is 0 Å². The molecule has 0 bridgehead atoms. The molecule has 0 amide bonds. The first-order chi connectivity index (χ1) is 9.86. The highest BCUT2D eigenvalue weighted by Crippen LogP contribution is 2.24. The van der Waals surface area contributed by atoms with Gasteiger partial charge in [-0.3, -0.25) is 0 Å². The molecule has 1 aromatic rings. The summed E-state index contributed by atoms with van der Waals surface area (Å²) in [4.78, 5) is 7.07. The van der Waals surface area contributed by atoms with Crippen molar-refractivity contribution in [3.63, 3.8) is 0 Å². The second kappa shape index (κ2) is 11.1.